The molecule has 0 aliphatic rings. The molecule has 0 aliphatic carbocycles. The van der Waals surface area contributed by atoms with Crippen LogP contribution in [0.1, 0.15) is 46.1 Å². The van der Waals surface area contributed by atoms with E-state index in [9.17, 15) is 9.59 Å². The van der Waals surface area contributed by atoms with Gasteiger partial charge in [-0.25, -0.2) is 14.5 Å². The molecule has 4 aromatic heterocycles. The first-order valence-corrected chi connectivity index (χ1v) is 12.9. The van der Waals surface area contributed by atoms with Crippen LogP contribution in [-0.2, 0) is 7.05 Å². The number of carbonyl (C=O) groups is 1. The van der Waals surface area contributed by atoms with E-state index in [0.717, 1.165) is 11.3 Å². The fourth-order valence-electron chi connectivity index (χ4n) is 4.67. The molecule has 0 saturated heterocycles. The molecule has 0 bridgehead atoms. The number of hydrogen-bond acceptors (Lipinski definition) is 7. The number of amides is 1. The van der Waals surface area contributed by atoms with E-state index in [2.05, 4.69) is 32.3 Å². The molecule has 2 aromatic carbocycles. The quantitative estimate of drug-likeness (QED) is 0.326. The molecule has 41 heavy (non-hydrogen) atoms. The molecule has 202 valence electrons. The standard InChI is InChI=1S/C30H25N9O2/c1-18(34-29(40)26-27(31)36-24-13-8-16-32-39(24)26)28-35-23-12-7-9-20(14-15-21-17-33-37(3)19(21)2)25(23)30(41)38(28)22-10-5-4-6-11-22/h4-13,16-18H,31H2,1-3H3,(H,34,40)/t18-/m1/s1. The molecule has 11 heteroatoms. The Morgan fingerprint density at radius 3 is 2.51 bits per heavy atom. The highest BCUT2D eigenvalue weighted by Crippen LogP contribution is 2.21. The Hall–Kier alpha value is -5.76. The van der Waals surface area contributed by atoms with Gasteiger partial charge in [0, 0.05) is 18.8 Å². The monoisotopic (exact) mass is 543 g/mol. The molecule has 6 rings (SSSR count). The van der Waals surface area contributed by atoms with Crippen LogP contribution >= 0.6 is 0 Å². The third kappa shape index (κ3) is 4.47. The number of nitrogens with two attached hydrogens (primary N) is 1. The van der Waals surface area contributed by atoms with Crippen molar-refractivity contribution < 1.29 is 4.79 Å². The van der Waals surface area contributed by atoms with Crippen LogP contribution in [0.2, 0.25) is 0 Å². The molecule has 0 aliphatic heterocycles. The SMILES string of the molecule is Cc1c(C#Cc2cccc3nc([C@@H](C)NC(=O)c4c(N)nc5cccnn45)n(-c4ccccc4)c(=O)c23)cnn1C. The zero-order chi connectivity index (χ0) is 28.7. The number of nitrogens with one attached hydrogen (secondary N) is 1. The normalized spacial score (nSPS) is 11.8. The number of imidazole rings is 1. The molecule has 6 aromatic rings. The van der Waals surface area contributed by atoms with Crippen LogP contribution in [0, 0.1) is 18.8 Å². The third-order valence-electron chi connectivity index (χ3n) is 6.87. The van der Waals surface area contributed by atoms with E-state index in [1.807, 2.05) is 44.3 Å². The number of anilines is 1. The van der Waals surface area contributed by atoms with E-state index in [1.165, 1.54) is 9.08 Å². The number of aryl methyl sites for hydroxylation is 1. The van der Waals surface area contributed by atoms with Crippen molar-refractivity contribution in [2.45, 2.75) is 19.9 Å². The van der Waals surface area contributed by atoms with Gasteiger partial charge in [-0.2, -0.15) is 10.2 Å². The maximum Gasteiger partial charge on any atom is 0.274 e. The Kier molecular flexibility index (Phi) is 6.28. The van der Waals surface area contributed by atoms with Crippen molar-refractivity contribution in [3.05, 3.63) is 112 Å². The average molecular weight is 544 g/mol. The molecule has 0 saturated carbocycles. The largest absolute Gasteiger partial charge is 0.382 e. The van der Waals surface area contributed by atoms with Crippen molar-refractivity contribution in [1.29, 1.82) is 0 Å². The highest BCUT2D eigenvalue weighted by atomic mass is 16.2. The third-order valence-corrected chi connectivity index (χ3v) is 6.87. The van der Waals surface area contributed by atoms with Crippen molar-refractivity contribution in [2.24, 2.45) is 7.05 Å². The Labute approximate surface area is 234 Å². The molecule has 0 unspecified atom stereocenters. The van der Waals surface area contributed by atoms with E-state index >= 15 is 0 Å². The maximum absolute atomic E-state index is 14.2. The van der Waals surface area contributed by atoms with Crippen molar-refractivity contribution >= 4 is 28.3 Å². The number of nitrogen functional groups attached to an aromatic ring is 1. The molecule has 0 radical (unpaired) electrons. The fourth-order valence-corrected chi connectivity index (χ4v) is 4.67. The number of nitrogens with zero attached hydrogens (tertiary/aromatic N) is 7. The molecule has 11 nitrogen and oxygen atoms in total. The van der Waals surface area contributed by atoms with Crippen LogP contribution in [0.5, 0.6) is 0 Å². The summed E-state index contributed by atoms with van der Waals surface area (Å²) in [5.41, 5.74) is 9.61. The van der Waals surface area contributed by atoms with Gasteiger partial charge in [0.25, 0.3) is 11.5 Å². The molecule has 1 amide bonds. The fraction of sp³-hybridized carbons (Fsp3) is 0.133. The van der Waals surface area contributed by atoms with E-state index in [0.29, 0.717) is 33.6 Å². The van der Waals surface area contributed by atoms with Gasteiger partial charge in [0.1, 0.15) is 5.82 Å². The van der Waals surface area contributed by atoms with E-state index < -0.39 is 11.9 Å². The maximum atomic E-state index is 14.2. The van der Waals surface area contributed by atoms with Gasteiger partial charge in [-0.3, -0.25) is 18.8 Å². The molecule has 0 fully saturated rings. The van der Waals surface area contributed by atoms with E-state index in [1.54, 1.807) is 54.3 Å². The zero-order valence-corrected chi connectivity index (χ0v) is 22.5. The van der Waals surface area contributed by atoms with Gasteiger partial charge >= 0.3 is 0 Å². The average Bonchev–Trinajstić information content (AvgIpc) is 3.49. The van der Waals surface area contributed by atoms with Crippen molar-refractivity contribution in [3.63, 3.8) is 0 Å². The topological polar surface area (TPSA) is 138 Å². The summed E-state index contributed by atoms with van der Waals surface area (Å²) < 4.78 is 4.63. The molecule has 4 heterocycles. The predicted molar refractivity (Wildman–Crippen MR) is 155 cm³/mol. The molecule has 3 N–H and O–H groups in total. The lowest BCUT2D eigenvalue weighted by atomic mass is 10.1. The van der Waals surface area contributed by atoms with Crippen LogP contribution in [0.15, 0.2) is 77.9 Å². The van der Waals surface area contributed by atoms with E-state index in [-0.39, 0.29) is 17.1 Å². The molecule has 1 atom stereocenters. The summed E-state index contributed by atoms with van der Waals surface area (Å²) in [6.45, 7) is 3.69. The second-order valence-electron chi connectivity index (χ2n) is 9.50. The highest BCUT2D eigenvalue weighted by molar-refractivity contribution is 5.98. The summed E-state index contributed by atoms with van der Waals surface area (Å²) in [6, 6.07) is 17.2. The van der Waals surface area contributed by atoms with Gasteiger partial charge in [-0.15, -0.1) is 0 Å². The summed E-state index contributed by atoms with van der Waals surface area (Å²) in [5.74, 6) is 6.17. The van der Waals surface area contributed by atoms with Gasteiger partial charge in [0.05, 0.1) is 40.1 Å². The number of rotatable bonds is 4. The van der Waals surface area contributed by atoms with Crippen LogP contribution in [0.3, 0.4) is 0 Å². The van der Waals surface area contributed by atoms with Crippen LogP contribution in [0.4, 0.5) is 5.82 Å². The highest BCUT2D eigenvalue weighted by Gasteiger charge is 2.24. The molecular formula is C30H25N9O2. The van der Waals surface area contributed by atoms with Crippen LogP contribution < -0.4 is 16.6 Å². The first kappa shape index (κ1) is 25.5. The second kappa shape index (κ2) is 10.1. The molecule has 0 spiro atoms. The number of benzene rings is 2. The van der Waals surface area contributed by atoms with E-state index in [4.69, 9.17) is 10.7 Å². The Balaban J connectivity index is 1.48. The first-order chi connectivity index (χ1) is 19.8. The second-order valence-corrected chi connectivity index (χ2v) is 9.50. The summed E-state index contributed by atoms with van der Waals surface area (Å²) in [7, 11) is 1.85. The summed E-state index contributed by atoms with van der Waals surface area (Å²) in [4.78, 5) is 36.7. The Morgan fingerprint density at radius 1 is 0.976 bits per heavy atom. The van der Waals surface area contributed by atoms with Crippen LogP contribution in [0.25, 0.3) is 22.2 Å². The summed E-state index contributed by atoms with van der Waals surface area (Å²) in [5, 5.41) is 11.7. The smallest absolute Gasteiger partial charge is 0.274 e. The number of carbonyl (C=O) groups excluding carboxylic acids is 1. The first-order valence-electron chi connectivity index (χ1n) is 12.9. The lowest BCUT2D eigenvalue weighted by Gasteiger charge is -2.20. The van der Waals surface area contributed by atoms with Crippen molar-refractivity contribution in [1.82, 2.24) is 39.2 Å². The van der Waals surface area contributed by atoms with Crippen molar-refractivity contribution in [2.75, 3.05) is 5.73 Å². The van der Waals surface area contributed by atoms with Gasteiger partial charge < -0.3 is 11.1 Å². The van der Waals surface area contributed by atoms with Crippen molar-refractivity contribution in [3.8, 4) is 17.5 Å². The van der Waals surface area contributed by atoms with Gasteiger partial charge in [0.2, 0.25) is 0 Å². The Bertz CT molecular complexity index is 2080. The predicted octanol–water partition coefficient (Wildman–Crippen LogP) is 2.94. The zero-order valence-electron chi connectivity index (χ0n) is 22.5. The lowest BCUT2D eigenvalue weighted by molar-refractivity contribution is 0.0931. The lowest BCUT2D eigenvalue weighted by Crippen LogP contribution is -2.34. The number of aromatic nitrogens is 7. The minimum atomic E-state index is -0.693. The van der Waals surface area contributed by atoms with Gasteiger partial charge in [-0.1, -0.05) is 36.1 Å². The Morgan fingerprint density at radius 2 is 1.76 bits per heavy atom. The summed E-state index contributed by atoms with van der Waals surface area (Å²) >= 11 is 0. The number of hydrogen-bond donors (Lipinski definition) is 2. The summed E-state index contributed by atoms with van der Waals surface area (Å²) in [6.07, 6.45) is 3.24. The molecular weight excluding hydrogens is 518 g/mol. The number of fused-ring (bicyclic) bond motifs is 2. The van der Waals surface area contributed by atoms with Crippen LogP contribution in [-0.4, -0.2) is 39.8 Å². The minimum absolute atomic E-state index is 0.0485. The van der Waals surface area contributed by atoms with Gasteiger partial charge in [0.15, 0.2) is 17.2 Å². The van der Waals surface area contributed by atoms with Gasteiger partial charge in [-0.05, 0) is 50.2 Å². The minimum Gasteiger partial charge on any atom is -0.382 e. The number of para-hydroxylation sites is 1.